The van der Waals surface area contributed by atoms with Crippen molar-refractivity contribution in [3.05, 3.63) is 83.4 Å². The second kappa shape index (κ2) is 7.72. The smallest absolute Gasteiger partial charge is 0.254 e. The minimum atomic E-state index is -0.764. The van der Waals surface area contributed by atoms with E-state index in [0.29, 0.717) is 11.3 Å². The minimum absolute atomic E-state index is 0.117. The number of fused-ring (bicyclic) bond motifs is 4. The molecule has 1 unspecified atom stereocenters. The summed E-state index contributed by atoms with van der Waals surface area (Å²) in [5.41, 5.74) is 6.55. The summed E-state index contributed by atoms with van der Waals surface area (Å²) in [7, 11) is 0. The fraction of sp³-hybridized carbons (Fsp3) is 0.160. The van der Waals surface area contributed by atoms with E-state index in [1.54, 1.807) is 24.3 Å². The van der Waals surface area contributed by atoms with E-state index in [4.69, 9.17) is 0 Å². The second-order valence-electron chi connectivity index (χ2n) is 7.85. The number of amides is 3. The van der Waals surface area contributed by atoms with Crippen molar-refractivity contribution in [3.8, 4) is 11.1 Å². The molecule has 0 bridgehead atoms. The van der Waals surface area contributed by atoms with Gasteiger partial charge in [0.2, 0.25) is 11.8 Å². The van der Waals surface area contributed by atoms with Crippen LogP contribution in [0.25, 0.3) is 11.1 Å². The first-order chi connectivity index (χ1) is 15.1. The van der Waals surface area contributed by atoms with Crippen LogP contribution in [-0.2, 0) is 16.0 Å². The fourth-order valence-corrected chi connectivity index (χ4v) is 4.24. The molecule has 2 aliphatic rings. The molecular formula is C25H21N3O3. The fourth-order valence-electron chi connectivity index (χ4n) is 4.24. The van der Waals surface area contributed by atoms with E-state index in [1.165, 1.54) is 22.3 Å². The second-order valence-corrected chi connectivity index (χ2v) is 7.85. The lowest BCUT2D eigenvalue weighted by atomic mass is 10.1. The van der Waals surface area contributed by atoms with Gasteiger partial charge < -0.3 is 16.0 Å². The van der Waals surface area contributed by atoms with E-state index in [-0.39, 0.29) is 30.6 Å². The van der Waals surface area contributed by atoms with E-state index in [9.17, 15) is 14.4 Å². The number of benzene rings is 3. The van der Waals surface area contributed by atoms with E-state index in [0.717, 1.165) is 12.1 Å². The van der Waals surface area contributed by atoms with Gasteiger partial charge in [-0.15, -0.1) is 0 Å². The van der Waals surface area contributed by atoms with Crippen molar-refractivity contribution in [2.75, 3.05) is 10.6 Å². The highest BCUT2D eigenvalue weighted by molar-refractivity contribution is 6.10. The van der Waals surface area contributed by atoms with Gasteiger partial charge in [-0.2, -0.15) is 0 Å². The highest BCUT2D eigenvalue weighted by Gasteiger charge is 2.28. The highest BCUT2D eigenvalue weighted by atomic mass is 16.2. The van der Waals surface area contributed by atoms with Gasteiger partial charge in [0.05, 0.1) is 11.3 Å². The molecule has 5 rings (SSSR count). The van der Waals surface area contributed by atoms with Gasteiger partial charge in [-0.3, -0.25) is 14.4 Å². The molecule has 31 heavy (non-hydrogen) atoms. The molecule has 0 saturated heterocycles. The van der Waals surface area contributed by atoms with Gasteiger partial charge >= 0.3 is 0 Å². The van der Waals surface area contributed by atoms with Crippen LogP contribution in [0.5, 0.6) is 0 Å². The Morgan fingerprint density at radius 2 is 1.65 bits per heavy atom. The molecule has 0 fully saturated rings. The highest BCUT2D eigenvalue weighted by Crippen LogP contribution is 2.37. The predicted octanol–water partition coefficient (Wildman–Crippen LogP) is 3.73. The molecule has 1 aliphatic carbocycles. The maximum Gasteiger partial charge on any atom is 0.254 e. The molecule has 6 heteroatoms. The Labute approximate surface area is 179 Å². The number of nitrogens with one attached hydrogen (secondary N) is 3. The zero-order valence-electron chi connectivity index (χ0n) is 16.8. The monoisotopic (exact) mass is 411 g/mol. The molecule has 3 aromatic carbocycles. The number of hydrogen-bond donors (Lipinski definition) is 3. The quantitative estimate of drug-likeness (QED) is 0.478. The Bertz CT molecular complexity index is 1220. The van der Waals surface area contributed by atoms with Crippen molar-refractivity contribution < 1.29 is 14.4 Å². The van der Waals surface area contributed by atoms with Crippen molar-refractivity contribution in [1.82, 2.24) is 5.32 Å². The Balaban J connectivity index is 1.22. The lowest BCUT2D eigenvalue weighted by molar-refractivity contribution is -0.118. The largest absolute Gasteiger partial charge is 0.340 e. The lowest BCUT2D eigenvalue weighted by Gasteiger charge is -2.14. The van der Waals surface area contributed by atoms with Gasteiger partial charge in [0, 0.05) is 12.1 Å². The summed E-state index contributed by atoms with van der Waals surface area (Å²) in [5, 5.41) is 8.39. The van der Waals surface area contributed by atoms with Gasteiger partial charge in [-0.05, 0) is 59.4 Å². The van der Waals surface area contributed by atoms with Crippen molar-refractivity contribution in [2.45, 2.75) is 25.3 Å². The van der Waals surface area contributed by atoms with Crippen LogP contribution in [0.2, 0.25) is 0 Å². The Morgan fingerprint density at radius 3 is 2.52 bits per heavy atom. The summed E-state index contributed by atoms with van der Waals surface area (Å²) in [6, 6.07) is 20.3. The molecule has 0 aromatic heterocycles. The van der Waals surface area contributed by atoms with Crippen LogP contribution < -0.4 is 16.0 Å². The maximum atomic E-state index is 12.5. The van der Waals surface area contributed by atoms with Crippen molar-refractivity contribution in [3.63, 3.8) is 0 Å². The average molecular weight is 411 g/mol. The number of para-hydroxylation sites is 1. The predicted molar refractivity (Wildman–Crippen MR) is 119 cm³/mol. The number of hydrogen-bond acceptors (Lipinski definition) is 3. The van der Waals surface area contributed by atoms with Crippen LogP contribution in [0.15, 0.2) is 66.7 Å². The van der Waals surface area contributed by atoms with Gasteiger partial charge in [0.15, 0.2) is 0 Å². The van der Waals surface area contributed by atoms with Crippen LogP contribution in [-0.4, -0.2) is 23.8 Å². The number of rotatable bonds is 4. The molecular weight excluding hydrogens is 390 g/mol. The third-order valence-corrected chi connectivity index (χ3v) is 5.79. The van der Waals surface area contributed by atoms with Gasteiger partial charge in [0.1, 0.15) is 6.04 Å². The number of carbonyl (C=O) groups excluding carboxylic acids is 3. The molecule has 0 radical (unpaired) electrons. The summed E-state index contributed by atoms with van der Waals surface area (Å²) >= 11 is 0. The van der Waals surface area contributed by atoms with Crippen molar-refractivity contribution in [1.29, 1.82) is 0 Å². The van der Waals surface area contributed by atoms with Crippen LogP contribution >= 0.6 is 0 Å². The van der Waals surface area contributed by atoms with Crippen molar-refractivity contribution >= 4 is 29.1 Å². The zero-order valence-corrected chi connectivity index (χ0v) is 16.8. The summed E-state index contributed by atoms with van der Waals surface area (Å²) in [5.74, 6) is -0.835. The Kier molecular flexibility index (Phi) is 4.75. The third-order valence-electron chi connectivity index (χ3n) is 5.79. The summed E-state index contributed by atoms with van der Waals surface area (Å²) in [6.45, 7) is 0. The topological polar surface area (TPSA) is 87.3 Å². The first-order valence-electron chi connectivity index (χ1n) is 10.3. The van der Waals surface area contributed by atoms with Crippen molar-refractivity contribution in [2.24, 2.45) is 0 Å². The van der Waals surface area contributed by atoms with Crippen LogP contribution in [0.3, 0.4) is 0 Å². The summed E-state index contributed by atoms with van der Waals surface area (Å²) in [6.07, 6.45) is 1.18. The van der Waals surface area contributed by atoms with Crippen LogP contribution in [0.1, 0.15) is 34.3 Å². The standard InChI is InChI=1S/C25H21N3O3/c29-23(12-11-22-25(31)27-21-8-4-3-7-20(21)24(30)28-22)26-17-9-10-19-16(14-17)13-15-5-1-2-6-18(15)19/h1-10,14,22H,11-13H2,(H,26,29)(H,27,31)(H,28,30). The van der Waals surface area contributed by atoms with Crippen LogP contribution in [0, 0.1) is 0 Å². The van der Waals surface area contributed by atoms with Gasteiger partial charge in [0.25, 0.3) is 5.91 Å². The normalized spacial score (nSPS) is 16.3. The molecule has 0 saturated carbocycles. The SMILES string of the molecule is O=C(CCC1NC(=O)c2ccccc2NC1=O)Nc1ccc2c(c1)Cc1ccccc1-2. The summed E-state index contributed by atoms with van der Waals surface area (Å²) < 4.78 is 0. The Morgan fingerprint density at radius 1 is 0.903 bits per heavy atom. The summed E-state index contributed by atoms with van der Waals surface area (Å²) in [4.78, 5) is 37.4. The third kappa shape index (κ3) is 3.68. The first-order valence-corrected chi connectivity index (χ1v) is 10.3. The van der Waals surface area contributed by atoms with Gasteiger partial charge in [-0.1, -0.05) is 42.5 Å². The molecule has 1 heterocycles. The van der Waals surface area contributed by atoms with E-state index < -0.39 is 6.04 Å². The lowest BCUT2D eigenvalue weighted by Crippen LogP contribution is -2.41. The van der Waals surface area contributed by atoms with E-state index in [2.05, 4.69) is 28.1 Å². The van der Waals surface area contributed by atoms with Crippen LogP contribution in [0.4, 0.5) is 11.4 Å². The molecule has 6 nitrogen and oxygen atoms in total. The first kappa shape index (κ1) is 19.1. The molecule has 154 valence electrons. The molecule has 3 aromatic rings. The zero-order chi connectivity index (χ0) is 21.4. The minimum Gasteiger partial charge on any atom is -0.340 e. The Hall–Kier alpha value is -3.93. The van der Waals surface area contributed by atoms with E-state index >= 15 is 0 Å². The maximum absolute atomic E-state index is 12.5. The number of anilines is 2. The molecule has 3 N–H and O–H groups in total. The molecule has 0 spiro atoms. The van der Waals surface area contributed by atoms with Gasteiger partial charge in [-0.25, -0.2) is 0 Å². The number of carbonyl (C=O) groups is 3. The molecule has 1 atom stereocenters. The molecule has 3 amide bonds. The molecule has 1 aliphatic heterocycles. The average Bonchev–Trinajstić information content (AvgIpc) is 3.08. The van der Waals surface area contributed by atoms with E-state index in [1.807, 2.05) is 30.3 Å².